The van der Waals surface area contributed by atoms with E-state index in [0.29, 0.717) is 5.56 Å². The van der Waals surface area contributed by atoms with Crippen LogP contribution in [0.3, 0.4) is 0 Å². The maximum atomic E-state index is 10.8. The molecule has 1 atom stereocenters. The number of carbonyl (C=O) groups is 1. The Balaban J connectivity index is 1.85. The lowest BCUT2D eigenvalue weighted by Gasteiger charge is -2.03. The highest BCUT2D eigenvalue weighted by Crippen LogP contribution is 2.34. The summed E-state index contributed by atoms with van der Waals surface area (Å²) >= 11 is 2.99. The van der Waals surface area contributed by atoms with Crippen molar-refractivity contribution >= 4 is 28.6 Å². The van der Waals surface area contributed by atoms with Crippen molar-refractivity contribution in [3.05, 3.63) is 27.4 Å². The predicted octanol–water partition coefficient (Wildman–Crippen LogP) is 3.42. The quantitative estimate of drug-likeness (QED) is 0.936. The Morgan fingerprint density at radius 1 is 1.44 bits per heavy atom. The summed E-state index contributed by atoms with van der Waals surface area (Å²) in [5, 5.41) is 13.5. The number of hydrogen-bond acceptors (Lipinski definition) is 5. The van der Waals surface area contributed by atoms with E-state index in [-0.39, 0.29) is 6.10 Å². The molecule has 1 fully saturated rings. The van der Waals surface area contributed by atoms with Gasteiger partial charge < -0.3 is 9.84 Å². The van der Waals surface area contributed by atoms with Crippen molar-refractivity contribution in [3.8, 4) is 10.6 Å². The van der Waals surface area contributed by atoms with Crippen LogP contribution in [-0.2, 0) is 4.74 Å². The summed E-state index contributed by atoms with van der Waals surface area (Å²) in [6.07, 6.45) is 2.24. The van der Waals surface area contributed by atoms with Gasteiger partial charge in [0.2, 0.25) is 0 Å². The second-order valence-corrected chi connectivity index (χ2v) is 5.88. The number of carboxylic acid groups (broad SMARTS) is 1. The Morgan fingerprint density at radius 2 is 2.33 bits per heavy atom. The Labute approximate surface area is 112 Å². The van der Waals surface area contributed by atoms with Gasteiger partial charge in [-0.2, -0.15) is 0 Å². The largest absolute Gasteiger partial charge is 0.478 e. The summed E-state index contributed by atoms with van der Waals surface area (Å²) in [5.74, 6) is -0.896. The normalized spacial score (nSPS) is 19.2. The summed E-state index contributed by atoms with van der Waals surface area (Å²) < 4.78 is 5.59. The zero-order chi connectivity index (χ0) is 12.5. The average Bonchev–Trinajstić information content (AvgIpc) is 3.10. The standard InChI is InChI=1S/C12H11NO3S2/c14-12(15)7-4-10(17-5-7)8-6-18-11(13-8)9-2-1-3-16-9/h4-6,9H,1-3H2,(H,14,15). The van der Waals surface area contributed by atoms with Crippen LogP contribution in [0.2, 0.25) is 0 Å². The highest BCUT2D eigenvalue weighted by Gasteiger charge is 2.21. The van der Waals surface area contributed by atoms with Crippen molar-refractivity contribution in [1.82, 2.24) is 4.98 Å². The molecule has 1 N–H and O–H groups in total. The second-order valence-electron chi connectivity index (χ2n) is 4.08. The predicted molar refractivity (Wildman–Crippen MR) is 70.3 cm³/mol. The first-order valence-electron chi connectivity index (χ1n) is 5.63. The molecule has 1 aliphatic heterocycles. The Morgan fingerprint density at radius 3 is 3.00 bits per heavy atom. The van der Waals surface area contributed by atoms with Crippen LogP contribution in [0, 0.1) is 0 Å². The van der Waals surface area contributed by atoms with Crippen LogP contribution in [0.15, 0.2) is 16.8 Å². The molecule has 1 saturated heterocycles. The molecule has 1 aliphatic rings. The minimum Gasteiger partial charge on any atom is -0.478 e. The number of rotatable bonds is 3. The number of ether oxygens (including phenoxy) is 1. The minimum absolute atomic E-state index is 0.127. The van der Waals surface area contributed by atoms with E-state index in [1.54, 1.807) is 22.8 Å². The van der Waals surface area contributed by atoms with E-state index >= 15 is 0 Å². The van der Waals surface area contributed by atoms with Gasteiger partial charge in [0.25, 0.3) is 0 Å². The summed E-state index contributed by atoms with van der Waals surface area (Å²) in [6, 6.07) is 1.67. The number of thiazole rings is 1. The van der Waals surface area contributed by atoms with Gasteiger partial charge >= 0.3 is 5.97 Å². The zero-order valence-corrected chi connectivity index (χ0v) is 11.1. The third-order valence-electron chi connectivity index (χ3n) is 2.83. The van der Waals surface area contributed by atoms with Gasteiger partial charge in [0.15, 0.2) is 0 Å². The molecular weight excluding hydrogens is 270 g/mol. The smallest absolute Gasteiger partial charge is 0.336 e. The van der Waals surface area contributed by atoms with Crippen LogP contribution in [0.4, 0.5) is 0 Å². The molecule has 3 rings (SSSR count). The van der Waals surface area contributed by atoms with Gasteiger partial charge in [0.1, 0.15) is 11.1 Å². The topological polar surface area (TPSA) is 59.4 Å². The molecule has 0 aromatic carbocycles. The third-order valence-corrected chi connectivity index (χ3v) is 4.72. The number of nitrogens with zero attached hydrogens (tertiary/aromatic N) is 1. The fourth-order valence-corrected chi connectivity index (χ4v) is 3.72. The maximum absolute atomic E-state index is 10.8. The summed E-state index contributed by atoms with van der Waals surface area (Å²) in [7, 11) is 0. The van der Waals surface area contributed by atoms with E-state index in [1.807, 2.05) is 5.38 Å². The molecule has 0 radical (unpaired) electrons. The van der Waals surface area contributed by atoms with E-state index in [0.717, 1.165) is 35.0 Å². The lowest BCUT2D eigenvalue weighted by molar-refractivity contribution is 0.0697. The highest BCUT2D eigenvalue weighted by molar-refractivity contribution is 7.14. The molecule has 0 aliphatic carbocycles. The second kappa shape index (κ2) is 4.79. The molecule has 0 amide bonds. The van der Waals surface area contributed by atoms with Gasteiger partial charge in [-0.25, -0.2) is 9.78 Å². The Bertz CT molecular complexity index is 569. The van der Waals surface area contributed by atoms with E-state index in [9.17, 15) is 4.79 Å². The van der Waals surface area contributed by atoms with Crippen molar-refractivity contribution in [2.45, 2.75) is 18.9 Å². The first-order valence-corrected chi connectivity index (χ1v) is 7.39. The van der Waals surface area contributed by atoms with Crippen LogP contribution in [0.1, 0.15) is 34.3 Å². The molecule has 0 spiro atoms. The van der Waals surface area contributed by atoms with Crippen LogP contribution in [0.25, 0.3) is 10.6 Å². The van der Waals surface area contributed by atoms with E-state index in [4.69, 9.17) is 9.84 Å². The van der Waals surface area contributed by atoms with Crippen LogP contribution >= 0.6 is 22.7 Å². The van der Waals surface area contributed by atoms with Crippen LogP contribution in [-0.4, -0.2) is 22.7 Å². The number of carboxylic acids is 1. The van der Waals surface area contributed by atoms with Crippen molar-refractivity contribution in [2.24, 2.45) is 0 Å². The molecule has 1 unspecified atom stereocenters. The van der Waals surface area contributed by atoms with Crippen molar-refractivity contribution in [1.29, 1.82) is 0 Å². The number of hydrogen-bond donors (Lipinski definition) is 1. The van der Waals surface area contributed by atoms with Crippen LogP contribution < -0.4 is 0 Å². The molecule has 2 aromatic heterocycles. The first kappa shape index (κ1) is 11.8. The van der Waals surface area contributed by atoms with Crippen molar-refractivity contribution in [2.75, 3.05) is 6.61 Å². The SMILES string of the molecule is O=C(O)c1csc(-c2csc(C3CCCO3)n2)c1. The Hall–Kier alpha value is -1.24. The summed E-state index contributed by atoms with van der Waals surface area (Å²) in [5.41, 5.74) is 1.17. The average molecular weight is 281 g/mol. The van der Waals surface area contributed by atoms with E-state index in [2.05, 4.69) is 4.98 Å². The van der Waals surface area contributed by atoms with Gasteiger partial charge in [0, 0.05) is 17.4 Å². The molecule has 6 heteroatoms. The molecule has 0 bridgehead atoms. The molecule has 4 nitrogen and oxygen atoms in total. The Kier molecular flexibility index (Phi) is 3.15. The molecule has 94 valence electrons. The third kappa shape index (κ3) is 2.19. The fourth-order valence-electron chi connectivity index (χ4n) is 1.90. The molecule has 2 aromatic rings. The van der Waals surface area contributed by atoms with E-state index in [1.165, 1.54) is 11.3 Å². The van der Waals surface area contributed by atoms with Gasteiger partial charge in [0.05, 0.1) is 16.1 Å². The first-order chi connectivity index (χ1) is 8.74. The monoisotopic (exact) mass is 281 g/mol. The van der Waals surface area contributed by atoms with Gasteiger partial charge in [-0.3, -0.25) is 0 Å². The van der Waals surface area contributed by atoms with Crippen molar-refractivity contribution < 1.29 is 14.6 Å². The summed E-state index contributed by atoms with van der Waals surface area (Å²) in [6.45, 7) is 0.807. The number of aromatic nitrogens is 1. The van der Waals surface area contributed by atoms with Gasteiger partial charge in [-0.05, 0) is 18.9 Å². The fraction of sp³-hybridized carbons (Fsp3) is 0.333. The van der Waals surface area contributed by atoms with E-state index < -0.39 is 5.97 Å². The zero-order valence-electron chi connectivity index (χ0n) is 9.46. The maximum Gasteiger partial charge on any atom is 0.336 e. The molecule has 0 saturated carbocycles. The van der Waals surface area contributed by atoms with Crippen LogP contribution in [0.5, 0.6) is 0 Å². The summed E-state index contributed by atoms with van der Waals surface area (Å²) in [4.78, 5) is 16.3. The minimum atomic E-state index is -0.896. The van der Waals surface area contributed by atoms with Gasteiger partial charge in [-0.15, -0.1) is 22.7 Å². The molecule has 18 heavy (non-hydrogen) atoms. The highest BCUT2D eigenvalue weighted by atomic mass is 32.1. The van der Waals surface area contributed by atoms with Crippen molar-refractivity contribution in [3.63, 3.8) is 0 Å². The lowest BCUT2D eigenvalue weighted by atomic mass is 10.2. The number of aromatic carboxylic acids is 1. The molecule has 3 heterocycles. The molecular formula is C12H11NO3S2. The lowest BCUT2D eigenvalue weighted by Crippen LogP contribution is -1.94. The van der Waals surface area contributed by atoms with Gasteiger partial charge in [-0.1, -0.05) is 0 Å². The number of thiophene rings is 1.